The monoisotopic (exact) mass is 184 g/mol. The Labute approximate surface area is 82.7 Å². The third-order valence-electron chi connectivity index (χ3n) is 2.54. The molecule has 13 heavy (non-hydrogen) atoms. The van der Waals surface area contributed by atoms with E-state index in [0.29, 0.717) is 11.5 Å². The van der Waals surface area contributed by atoms with E-state index in [-0.39, 0.29) is 0 Å². The van der Waals surface area contributed by atoms with Crippen molar-refractivity contribution in [1.29, 1.82) is 0 Å². The molecule has 1 N–H and O–H groups in total. The Kier molecular flexibility index (Phi) is 3.74. The summed E-state index contributed by atoms with van der Waals surface area (Å²) in [5.74, 6) is 0. The molecular formula is C11H24N2. The smallest absolute Gasteiger partial charge is 0.0199 e. The molecule has 78 valence electrons. The number of hydrogen-bond acceptors (Lipinski definition) is 2. The molecule has 1 unspecified atom stereocenters. The normalized spacial score (nSPS) is 27.2. The van der Waals surface area contributed by atoms with Gasteiger partial charge in [0.05, 0.1) is 0 Å². The van der Waals surface area contributed by atoms with Crippen LogP contribution in [-0.2, 0) is 0 Å². The van der Waals surface area contributed by atoms with Gasteiger partial charge in [0.2, 0.25) is 0 Å². The second-order valence-electron chi connectivity index (χ2n) is 5.53. The average Bonchev–Trinajstić information content (AvgIpc) is 2.10. The summed E-state index contributed by atoms with van der Waals surface area (Å²) >= 11 is 0. The lowest BCUT2D eigenvalue weighted by atomic mass is 9.88. The van der Waals surface area contributed by atoms with Crippen molar-refractivity contribution >= 4 is 0 Å². The molecule has 0 radical (unpaired) electrons. The van der Waals surface area contributed by atoms with Gasteiger partial charge in [0.15, 0.2) is 0 Å². The van der Waals surface area contributed by atoms with E-state index in [1.165, 1.54) is 32.5 Å². The third-order valence-corrected chi connectivity index (χ3v) is 2.54. The van der Waals surface area contributed by atoms with Crippen molar-refractivity contribution in [2.45, 2.75) is 39.7 Å². The van der Waals surface area contributed by atoms with Gasteiger partial charge in [-0.05, 0) is 38.4 Å². The molecule has 1 fully saturated rings. The topological polar surface area (TPSA) is 15.3 Å². The largest absolute Gasteiger partial charge is 0.313 e. The minimum Gasteiger partial charge on any atom is -0.313 e. The van der Waals surface area contributed by atoms with Crippen LogP contribution in [0, 0.1) is 5.41 Å². The Morgan fingerprint density at radius 1 is 1.38 bits per heavy atom. The van der Waals surface area contributed by atoms with Gasteiger partial charge in [0, 0.05) is 12.6 Å². The van der Waals surface area contributed by atoms with Crippen molar-refractivity contribution in [3.8, 4) is 0 Å². The van der Waals surface area contributed by atoms with Crippen LogP contribution >= 0.6 is 0 Å². The van der Waals surface area contributed by atoms with Gasteiger partial charge in [0.25, 0.3) is 0 Å². The molecular weight excluding hydrogens is 160 g/mol. The summed E-state index contributed by atoms with van der Waals surface area (Å²) < 4.78 is 0. The van der Waals surface area contributed by atoms with E-state index in [9.17, 15) is 0 Å². The van der Waals surface area contributed by atoms with Gasteiger partial charge in [-0.1, -0.05) is 20.8 Å². The molecule has 0 aromatic carbocycles. The van der Waals surface area contributed by atoms with E-state index in [0.717, 1.165) is 0 Å². The first-order valence-electron chi connectivity index (χ1n) is 5.39. The quantitative estimate of drug-likeness (QED) is 0.667. The van der Waals surface area contributed by atoms with Crippen LogP contribution in [-0.4, -0.2) is 37.6 Å². The fourth-order valence-electron chi connectivity index (χ4n) is 2.06. The molecule has 0 aromatic heterocycles. The number of hydrogen-bond donors (Lipinski definition) is 1. The van der Waals surface area contributed by atoms with Crippen LogP contribution in [0.1, 0.15) is 33.6 Å². The van der Waals surface area contributed by atoms with E-state index >= 15 is 0 Å². The van der Waals surface area contributed by atoms with Crippen molar-refractivity contribution in [1.82, 2.24) is 10.2 Å². The Morgan fingerprint density at radius 2 is 2.08 bits per heavy atom. The van der Waals surface area contributed by atoms with Gasteiger partial charge in [-0.3, -0.25) is 0 Å². The maximum atomic E-state index is 3.63. The van der Waals surface area contributed by atoms with Gasteiger partial charge in [0.1, 0.15) is 0 Å². The van der Waals surface area contributed by atoms with Gasteiger partial charge >= 0.3 is 0 Å². The first-order valence-corrected chi connectivity index (χ1v) is 5.39. The molecule has 0 saturated carbocycles. The van der Waals surface area contributed by atoms with E-state index < -0.39 is 0 Å². The van der Waals surface area contributed by atoms with Crippen molar-refractivity contribution in [2.75, 3.05) is 26.7 Å². The lowest BCUT2D eigenvalue weighted by Crippen LogP contribution is -2.38. The molecule has 2 nitrogen and oxygen atoms in total. The molecule has 1 heterocycles. The Bertz CT molecular complexity index is 149. The Hall–Kier alpha value is -0.0800. The predicted octanol–water partition coefficient (Wildman–Crippen LogP) is 1.72. The highest BCUT2D eigenvalue weighted by atomic mass is 15.1. The van der Waals surface area contributed by atoms with Crippen LogP contribution in [0.3, 0.4) is 0 Å². The van der Waals surface area contributed by atoms with Gasteiger partial charge in [-0.25, -0.2) is 0 Å². The molecule has 0 amide bonds. The van der Waals surface area contributed by atoms with Crippen LogP contribution in [0.15, 0.2) is 0 Å². The lowest BCUT2D eigenvalue weighted by Gasteiger charge is -2.27. The maximum Gasteiger partial charge on any atom is 0.0199 e. The van der Waals surface area contributed by atoms with Crippen LogP contribution in [0.5, 0.6) is 0 Å². The van der Waals surface area contributed by atoms with Crippen molar-refractivity contribution in [3.63, 3.8) is 0 Å². The molecule has 0 aliphatic carbocycles. The average molecular weight is 184 g/mol. The van der Waals surface area contributed by atoms with Crippen molar-refractivity contribution in [2.24, 2.45) is 5.41 Å². The molecule has 1 aliphatic rings. The van der Waals surface area contributed by atoms with E-state index in [4.69, 9.17) is 0 Å². The molecule has 0 spiro atoms. The minimum atomic E-state index is 0.447. The molecule has 1 atom stereocenters. The van der Waals surface area contributed by atoms with Gasteiger partial charge in [-0.2, -0.15) is 0 Å². The first-order chi connectivity index (χ1) is 5.97. The fourth-order valence-corrected chi connectivity index (χ4v) is 2.06. The Balaban J connectivity index is 2.39. The van der Waals surface area contributed by atoms with Gasteiger partial charge < -0.3 is 10.2 Å². The fraction of sp³-hybridized carbons (Fsp3) is 1.00. The molecule has 0 aromatic rings. The summed E-state index contributed by atoms with van der Waals surface area (Å²) in [6.07, 6.45) is 2.56. The second-order valence-corrected chi connectivity index (χ2v) is 5.53. The lowest BCUT2D eigenvalue weighted by molar-refractivity contribution is 0.261. The zero-order chi connectivity index (χ0) is 9.90. The molecule has 2 heteroatoms. The highest BCUT2D eigenvalue weighted by molar-refractivity contribution is 4.79. The van der Waals surface area contributed by atoms with Crippen molar-refractivity contribution in [3.05, 3.63) is 0 Å². The van der Waals surface area contributed by atoms with Crippen LogP contribution in [0.25, 0.3) is 0 Å². The molecule has 1 rings (SSSR count). The predicted molar refractivity (Wildman–Crippen MR) is 58.0 cm³/mol. The minimum absolute atomic E-state index is 0.447. The number of rotatable bonds is 1. The standard InChI is InChI=1S/C11H24N2/c1-11(2,3)8-10-9-13(4)7-5-6-12-10/h10,12H,5-9H2,1-4H3. The highest BCUT2D eigenvalue weighted by Crippen LogP contribution is 2.21. The van der Waals surface area contributed by atoms with Gasteiger partial charge in [-0.15, -0.1) is 0 Å². The zero-order valence-corrected chi connectivity index (χ0v) is 9.56. The van der Waals surface area contributed by atoms with Crippen LogP contribution in [0.4, 0.5) is 0 Å². The van der Waals surface area contributed by atoms with Crippen LogP contribution in [0.2, 0.25) is 0 Å². The van der Waals surface area contributed by atoms with Crippen molar-refractivity contribution < 1.29 is 0 Å². The summed E-state index contributed by atoms with van der Waals surface area (Å²) in [6, 6.07) is 0.688. The SMILES string of the molecule is CN1CCCNC(CC(C)(C)C)C1. The number of likely N-dealkylation sites (N-methyl/N-ethyl adjacent to an activating group) is 1. The Morgan fingerprint density at radius 3 is 2.69 bits per heavy atom. The van der Waals surface area contributed by atoms with E-state index in [1.807, 2.05) is 0 Å². The molecule has 0 bridgehead atoms. The zero-order valence-electron chi connectivity index (χ0n) is 9.56. The highest BCUT2D eigenvalue weighted by Gasteiger charge is 2.21. The van der Waals surface area contributed by atoms with E-state index in [2.05, 4.69) is 38.0 Å². The first kappa shape index (κ1) is 11.0. The summed E-state index contributed by atoms with van der Waals surface area (Å²) in [5.41, 5.74) is 0.447. The summed E-state index contributed by atoms with van der Waals surface area (Å²) in [6.45, 7) is 10.6. The summed E-state index contributed by atoms with van der Waals surface area (Å²) in [7, 11) is 2.22. The second kappa shape index (κ2) is 4.43. The molecule has 1 saturated heterocycles. The van der Waals surface area contributed by atoms with E-state index in [1.54, 1.807) is 0 Å². The number of nitrogens with one attached hydrogen (secondary N) is 1. The summed E-state index contributed by atoms with van der Waals surface area (Å²) in [4.78, 5) is 2.44. The maximum absolute atomic E-state index is 3.63. The summed E-state index contributed by atoms with van der Waals surface area (Å²) in [5, 5.41) is 3.63. The number of nitrogens with zero attached hydrogens (tertiary/aromatic N) is 1. The third kappa shape index (κ3) is 4.63. The van der Waals surface area contributed by atoms with Crippen LogP contribution < -0.4 is 5.32 Å². The molecule has 1 aliphatic heterocycles.